The normalized spacial score (nSPS) is 10.6. The maximum absolute atomic E-state index is 12.3. The van der Waals surface area contributed by atoms with Crippen LogP contribution in [0.3, 0.4) is 0 Å². The van der Waals surface area contributed by atoms with Gasteiger partial charge in [0.1, 0.15) is 12.0 Å². The fourth-order valence-electron chi connectivity index (χ4n) is 2.37. The number of carbonyl (C=O) groups is 1. The van der Waals surface area contributed by atoms with Crippen molar-refractivity contribution in [1.82, 2.24) is 4.98 Å². The molecule has 0 aliphatic carbocycles. The van der Waals surface area contributed by atoms with Gasteiger partial charge in [-0.2, -0.15) is 5.10 Å². The van der Waals surface area contributed by atoms with Crippen LogP contribution in [0.25, 0.3) is 0 Å². The van der Waals surface area contributed by atoms with Crippen molar-refractivity contribution in [2.45, 2.75) is 0 Å². The van der Waals surface area contributed by atoms with Crippen molar-refractivity contribution in [1.29, 1.82) is 0 Å². The van der Waals surface area contributed by atoms with Gasteiger partial charge in [-0.3, -0.25) is 15.5 Å². The second-order valence-electron chi connectivity index (χ2n) is 5.82. The molecular formula is C20H15IN4O5. The zero-order valence-corrected chi connectivity index (χ0v) is 17.8. The van der Waals surface area contributed by atoms with Crippen LogP contribution in [0.2, 0.25) is 0 Å². The predicted molar refractivity (Wildman–Crippen MR) is 119 cm³/mol. The first-order chi connectivity index (χ1) is 14.5. The number of hydrazone groups is 1. The van der Waals surface area contributed by atoms with Gasteiger partial charge in [0.15, 0.2) is 11.5 Å². The maximum Gasteiger partial charge on any atom is 0.343 e. The molecule has 0 spiro atoms. The zero-order chi connectivity index (χ0) is 21.5. The van der Waals surface area contributed by atoms with Crippen molar-refractivity contribution < 1.29 is 19.2 Å². The molecule has 0 fully saturated rings. The number of benzene rings is 2. The number of methoxy groups -OCH3 is 1. The highest BCUT2D eigenvalue weighted by Gasteiger charge is 2.16. The molecule has 0 radical (unpaired) electrons. The molecule has 1 heterocycles. The van der Waals surface area contributed by atoms with E-state index in [4.69, 9.17) is 9.47 Å². The van der Waals surface area contributed by atoms with Crippen molar-refractivity contribution in [3.05, 3.63) is 85.6 Å². The number of esters is 1. The number of nitrogens with one attached hydrogen (secondary N) is 1. The summed E-state index contributed by atoms with van der Waals surface area (Å²) in [4.78, 5) is 26.4. The van der Waals surface area contributed by atoms with Gasteiger partial charge in [-0.05, 0) is 58.5 Å². The summed E-state index contributed by atoms with van der Waals surface area (Å²) in [5.74, 6) is 0.557. The van der Waals surface area contributed by atoms with E-state index in [1.165, 1.54) is 25.5 Å². The highest BCUT2D eigenvalue weighted by molar-refractivity contribution is 14.1. The Morgan fingerprint density at radius 2 is 2.00 bits per heavy atom. The van der Waals surface area contributed by atoms with Crippen molar-refractivity contribution in [2.75, 3.05) is 12.5 Å². The Morgan fingerprint density at radius 3 is 2.63 bits per heavy atom. The lowest BCUT2D eigenvalue weighted by Gasteiger charge is -2.12. The van der Waals surface area contributed by atoms with E-state index < -0.39 is 10.9 Å². The minimum absolute atomic E-state index is 0.107. The number of nitrogens with zero attached hydrogens (tertiary/aromatic N) is 3. The van der Waals surface area contributed by atoms with Gasteiger partial charge in [0.2, 0.25) is 0 Å². The van der Waals surface area contributed by atoms with Crippen LogP contribution in [0.15, 0.2) is 65.9 Å². The summed E-state index contributed by atoms with van der Waals surface area (Å²) in [5, 5.41) is 14.7. The third-order valence-electron chi connectivity index (χ3n) is 3.81. The zero-order valence-electron chi connectivity index (χ0n) is 15.6. The SMILES string of the molecule is COc1cc(/C=N\Nc2ccc([N+](=O)[O-])cn2)cc(I)c1OC(=O)c1ccccc1. The molecule has 152 valence electrons. The Kier molecular flexibility index (Phi) is 6.91. The van der Waals surface area contributed by atoms with Crippen LogP contribution in [-0.2, 0) is 0 Å². The molecule has 0 aliphatic rings. The summed E-state index contributed by atoms with van der Waals surface area (Å²) in [6.45, 7) is 0. The van der Waals surface area contributed by atoms with Gasteiger partial charge < -0.3 is 9.47 Å². The molecule has 0 aliphatic heterocycles. The highest BCUT2D eigenvalue weighted by Crippen LogP contribution is 2.34. The number of rotatable bonds is 7. The summed E-state index contributed by atoms with van der Waals surface area (Å²) in [5.41, 5.74) is 3.70. The van der Waals surface area contributed by atoms with Crippen LogP contribution in [0.1, 0.15) is 15.9 Å². The van der Waals surface area contributed by atoms with Gasteiger partial charge in [0.25, 0.3) is 5.69 Å². The maximum atomic E-state index is 12.3. The predicted octanol–water partition coefficient (Wildman–Crippen LogP) is 4.27. The minimum Gasteiger partial charge on any atom is -0.493 e. The Labute approximate surface area is 185 Å². The molecule has 2 aromatic carbocycles. The Balaban J connectivity index is 1.73. The molecule has 9 nitrogen and oxygen atoms in total. The number of pyridine rings is 1. The molecule has 0 bridgehead atoms. The summed E-state index contributed by atoms with van der Waals surface area (Å²) < 4.78 is 11.5. The fourth-order valence-corrected chi connectivity index (χ4v) is 3.11. The molecule has 3 rings (SSSR count). The van der Waals surface area contributed by atoms with E-state index >= 15 is 0 Å². The monoisotopic (exact) mass is 518 g/mol. The third kappa shape index (κ3) is 5.29. The lowest BCUT2D eigenvalue weighted by Crippen LogP contribution is -2.10. The standard InChI is InChI=1S/C20H15IN4O5/c1-29-17-10-13(11-23-24-18-8-7-15(12-22-18)25(27)28)9-16(21)19(17)30-20(26)14-5-3-2-4-6-14/h2-12H,1H3,(H,22,24)/b23-11-. The van der Waals surface area contributed by atoms with Gasteiger partial charge in [-0.15, -0.1) is 0 Å². The lowest BCUT2D eigenvalue weighted by molar-refractivity contribution is -0.385. The lowest BCUT2D eigenvalue weighted by atomic mass is 10.2. The first-order valence-corrected chi connectivity index (χ1v) is 9.60. The summed E-state index contributed by atoms with van der Waals surface area (Å²) in [7, 11) is 1.48. The van der Waals surface area contributed by atoms with E-state index in [1.54, 1.807) is 36.4 Å². The molecular weight excluding hydrogens is 503 g/mol. The molecule has 10 heteroatoms. The largest absolute Gasteiger partial charge is 0.493 e. The Bertz CT molecular complexity index is 1090. The van der Waals surface area contributed by atoms with Gasteiger partial charge in [0.05, 0.1) is 27.4 Å². The number of hydrogen-bond donors (Lipinski definition) is 1. The van der Waals surface area contributed by atoms with Crippen LogP contribution >= 0.6 is 22.6 Å². The summed E-state index contributed by atoms with van der Waals surface area (Å²) >= 11 is 2.05. The van der Waals surface area contributed by atoms with E-state index in [2.05, 4.69) is 15.5 Å². The van der Waals surface area contributed by atoms with Crippen LogP contribution in [-0.4, -0.2) is 29.2 Å². The third-order valence-corrected chi connectivity index (χ3v) is 4.61. The molecule has 0 atom stereocenters. The Hall–Kier alpha value is -3.54. The summed E-state index contributed by atoms with van der Waals surface area (Å²) in [6.07, 6.45) is 2.66. The number of ether oxygens (including phenoxy) is 2. The number of nitro groups is 1. The van der Waals surface area contributed by atoms with Gasteiger partial charge in [0, 0.05) is 6.07 Å². The molecule has 30 heavy (non-hydrogen) atoms. The van der Waals surface area contributed by atoms with Gasteiger partial charge in [-0.25, -0.2) is 9.78 Å². The van der Waals surface area contributed by atoms with Crippen molar-refractivity contribution in [3.8, 4) is 11.5 Å². The molecule has 1 N–H and O–H groups in total. The summed E-state index contributed by atoms with van der Waals surface area (Å²) in [6, 6.07) is 14.9. The molecule has 0 saturated heterocycles. The molecule has 1 aromatic heterocycles. The highest BCUT2D eigenvalue weighted by atomic mass is 127. The van der Waals surface area contributed by atoms with E-state index in [0.717, 1.165) is 6.20 Å². The quantitative estimate of drug-likeness (QED) is 0.124. The first kappa shape index (κ1) is 21.2. The fraction of sp³-hybridized carbons (Fsp3) is 0.0500. The molecule has 0 saturated carbocycles. The van der Waals surface area contributed by atoms with Crippen LogP contribution in [0.4, 0.5) is 11.5 Å². The number of halogens is 1. The van der Waals surface area contributed by atoms with Crippen molar-refractivity contribution in [3.63, 3.8) is 0 Å². The van der Waals surface area contributed by atoms with E-state index in [0.29, 0.717) is 32.0 Å². The number of carbonyl (C=O) groups excluding carboxylic acids is 1. The smallest absolute Gasteiger partial charge is 0.343 e. The van der Waals surface area contributed by atoms with Crippen molar-refractivity contribution in [2.24, 2.45) is 5.10 Å². The number of anilines is 1. The van der Waals surface area contributed by atoms with Gasteiger partial charge >= 0.3 is 5.97 Å². The second kappa shape index (κ2) is 9.78. The van der Waals surface area contributed by atoms with E-state index in [1.807, 2.05) is 28.7 Å². The average Bonchev–Trinajstić information content (AvgIpc) is 2.76. The number of hydrogen-bond acceptors (Lipinski definition) is 8. The molecule has 3 aromatic rings. The number of aromatic nitrogens is 1. The average molecular weight is 518 g/mol. The van der Waals surface area contributed by atoms with E-state index in [9.17, 15) is 14.9 Å². The van der Waals surface area contributed by atoms with Crippen LogP contribution in [0.5, 0.6) is 11.5 Å². The molecule has 0 amide bonds. The van der Waals surface area contributed by atoms with Gasteiger partial charge in [-0.1, -0.05) is 18.2 Å². The van der Waals surface area contributed by atoms with Crippen LogP contribution in [0, 0.1) is 13.7 Å². The van der Waals surface area contributed by atoms with Crippen LogP contribution < -0.4 is 14.9 Å². The second-order valence-corrected chi connectivity index (χ2v) is 6.98. The first-order valence-electron chi connectivity index (χ1n) is 8.52. The minimum atomic E-state index is -0.527. The Morgan fingerprint density at radius 1 is 1.23 bits per heavy atom. The topological polar surface area (TPSA) is 116 Å². The molecule has 0 unspecified atom stereocenters. The van der Waals surface area contributed by atoms with Crippen molar-refractivity contribution >= 4 is 46.3 Å². The van der Waals surface area contributed by atoms with E-state index in [-0.39, 0.29) is 5.69 Å².